The third kappa shape index (κ3) is 6.24. The van der Waals surface area contributed by atoms with Crippen LogP contribution in [0.4, 0.5) is 5.69 Å². The summed E-state index contributed by atoms with van der Waals surface area (Å²) in [5.41, 5.74) is 2.45. The average Bonchev–Trinajstić information content (AvgIpc) is 2.77. The maximum absolute atomic E-state index is 12.9. The number of likely N-dealkylation sites (tertiary alicyclic amines) is 1. The normalized spacial score (nSPS) is 19.3. The molecule has 0 saturated carbocycles. The van der Waals surface area contributed by atoms with Gasteiger partial charge in [0.2, 0.25) is 10.0 Å². The van der Waals surface area contributed by atoms with Crippen molar-refractivity contribution in [2.45, 2.75) is 31.6 Å². The molecule has 1 atom stereocenters. The Morgan fingerprint density at radius 2 is 1.75 bits per heavy atom. The third-order valence-electron chi connectivity index (χ3n) is 6.31. The van der Waals surface area contributed by atoms with Gasteiger partial charge >= 0.3 is 0 Å². The van der Waals surface area contributed by atoms with Crippen LogP contribution in [0.15, 0.2) is 48.5 Å². The number of sulfonamides is 1. The molecule has 2 heterocycles. The topological polar surface area (TPSA) is 75.7 Å². The Morgan fingerprint density at radius 1 is 1.06 bits per heavy atom. The van der Waals surface area contributed by atoms with E-state index in [0.717, 1.165) is 63.9 Å². The van der Waals surface area contributed by atoms with Crippen molar-refractivity contribution in [3.05, 3.63) is 59.7 Å². The summed E-state index contributed by atoms with van der Waals surface area (Å²) < 4.78 is 30.8. The highest BCUT2D eigenvalue weighted by Gasteiger charge is 2.27. The molecule has 2 aliphatic rings. The Bertz CT molecular complexity index is 1020. The van der Waals surface area contributed by atoms with Gasteiger partial charge in [-0.25, -0.2) is 8.42 Å². The number of rotatable bonds is 7. The van der Waals surface area contributed by atoms with Crippen molar-refractivity contribution in [3.8, 4) is 5.75 Å². The number of carbonyl (C=O) groups excluding carboxylic acids is 1. The lowest BCUT2D eigenvalue weighted by atomic mass is 9.87. The lowest BCUT2D eigenvalue weighted by Gasteiger charge is -2.33. The molecule has 2 aromatic carbocycles. The average molecular weight is 479 g/mol. The van der Waals surface area contributed by atoms with Crippen LogP contribution < -0.4 is 9.46 Å². The highest BCUT2D eigenvalue weighted by Crippen LogP contribution is 2.35. The molecule has 1 N–H and O–H groups in total. The number of nitrogens with zero attached hydrogens (tertiary/aromatic N) is 1. The van der Waals surface area contributed by atoms with Crippen LogP contribution in [-0.2, 0) is 10.0 Å². The van der Waals surface area contributed by atoms with E-state index in [2.05, 4.69) is 27.8 Å². The van der Waals surface area contributed by atoms with Gasteiger partial charge in [-0.05, 0) is 87.1 Å². The van der Waals surface area contributed by atoms with Gasteiger partial charge in [-0.1, -0.05) is 18.2 Å². The molecule has 1 unspecified atom stereocenters. The number of hydrogen-bond donors (Lipinski definition) is 1. The quantitative estimate of drug-likeness (QED) is 0.599. The molecule has 0 aromatic heterocycles. The fourth-order valence-electron chi connectivity index (χ4n) is 4.63. The minimum Gasteiger partial charge on any atom is -0.493 e. The van der Waals surface area contributed by atoms with E-state index in [0.29, 0.717) is 17.2 Å². The first-order valence-corrected chi connectivity index (χ1v) is 12.8. The van der Waals surface area contributed by atoms with Gasteiger partial charge in [0.15, 0.2) is 5.78 Å². The van der Waals surface area contributed by atoms with Crippen molar-refractivity contribution in [1.29, 1.82) is 0 Å². The number of carbonyl (C=O) groups is 1. The van der Waals surface area contributed by atoms with Crippen molar-refractivity contribution in [1.82, 2.24) is 4.90 Å². The Kier molecular flexibility index (Phi) is 8.20. The number of anilines is 1. The molecule has 1 fully saturated rings. The summed E-state index contributed by atoms with van der Waals surface area (Å²) in [5, 5.41) is 0. The standard InChI is InChI=1S/C24H30N2O4S.ClH/c1-31(28,29)25-21-8-6-19(7-9-21)24(27)20-11-15-26(16-12-20)14-10-18-13-17-30-23-5-3-2-4-22(18)23;/h2-9,18,20,25H,10-17H2,1H3;1H. The predicted molar refractivity (Wildman–Crippen MR) is 130 cm³/mol. The van der Waals surface area contributed by atoms with Crippen molar-refractivity contribution in [2.75, 3.05) is 37.2 Å². The van der Waals surface area contributed by atoms with Crippen LogP contribution in [0.3, 0.4) is 0 Å². The Morgan fingerprint density at radius 3 is 2.44 bits per heavy atom. The first-order chi connectivity index (χ1) is 14.9. The molecule has 2 aromatic rings. The SMILES string of the molecule is CS(=O)(=O)Nc1ccc(C(=O)C2CCN(CCC3CCOc4ccccc43)CC2)cc1.Cl. The number of piperidine rings is 1. The maximum Gasteiger partial charge on any atom is 0.229 e. The van der Waals surface area contributed by atoms with Gasteiger partial charge < -0.3 is 9.64 Å². The number of para-hydroxylation sites is 1. The van der Waals surface area contributed by atoms with Crippen molar-refractivity contribution >= 4 is 33.9 Å². The minimum atomic E-state index is -3.31. The highest BCUT2D eigenvalue weighted by atomic mass is 35.5. The van der Waals surface area contributed by atoms with E-state index in [1.165, 1.54) is 5.56 Å². The summed E-state index contributed by atoms with van der Waals surface area (Å²) >= 11 is 0. The summed E-state index contributed by atoms with van der Waals surface area (Å²) in [6, 6.07) is 15.1. The molecule has 8 heteroatoms. The summed E-state index contributed by atoms with van der Waals surface area (Å²) in [7, 11) is -3.31. The highest BCUT2D eigenvalue weighted by molar-refractivity contribution is 7.92. The fourth-order valence-corrected chi connectivity index (χ4v) is 5.19. The Labute approximate surface area is 196 Å². The molecule has 0 aliphatic carbocycles. The molecule has 0 radical (unpaired) electrons. The number of benzene rings is 2. The molecular weight excluding hydrogens is 448 g/mol. The van der Waals surface area contributed by atoms with Crippen LogP contribution in [0, 0.1) is 5.92 Å². The summed E-state index contributed by atoms with van der Waals surface area (Å²) in [6.45, 7) is 3.71. The number of ketones is 1. The maximum atomic E-state index is 12.9. The Balaban J connectivity index is 0.00000289. The van der Waals surface area contributed by atoms with Crippen molar-refractivity contribution < 1.29 is 17.9 Å². The van der Waals surface area contributed by atoms with Gasteiger partial charge in [0.1, 0.15) is 5.75 Å². The molecule has 4 rings (SSSR count). The summed E-state index contributed by atoms with van der Waals surface area (Å²) in [6.07, 6.45) is 5.03. The predicted octanol–water partition coefficient (Wildman–Crippen LogP) is 4.33. The smallest absolute Gasteiger partial charge is 0.229 e. The van der Waals surface area contributed by atoms with E-state index < -0.39 is 10.0 Å². The number of halogens is 1. The summed E-state index contributed by atoms with van der Waals surface area (Å²) in [4.78, 5) is 15.3. The molecule has 0 bridgehead atoms. The monoisotopic (exact) mass is 478 g/mol. The van der Waals surface area contributed by atoms with E-state index in [4.69, 9.17) is 4.74 Å². The van der Waals surface area contributed by atoms with Crippen molar-refractivity contribution in [3.63, 3.8) is 0 Å². The zero-order valence-corrected chi connectivity index (χ0v) is 20.0. The van der Waals surface area contributed by atoms with Gasteiger partial charge in [0, 0.05) is 17.2 Å². The number of fused-ring (bicyclic) bond motifs is 1. The Hall–Kier alpha value is -2.09. The van der Waals surface area contributed by atoms with Gasteiger partial charge in [-0.2, -0.15) is 0 Å². The van der Waals surface area contributed by atoms with Gasteiger partial charge in [0.05, 0.1) is 12.9 Å². The fraction of sp³-hybridized carbons (Fsp3) is 0.458. The lowest BCUT2D eigenvalue weighted by molar-refractivity contribution is 0.0836. The van der Waals surface area contributed by atoms with E-state index in [-0.39, 0.29) is 24.1 Å². The van der Waals surface area contributed by atoms with E-state index in [1.807, 2.05) is 6.07 Å². The number of hydrogen-bond acceptors (Lipinski definition) is 5. The van der Waals surface area contributed by atoms with E-state index in [9.17, 15) is 13.2 Å². The van der Waals surface area contributed by atoms with E-state index in [1.54, 1.807) is 24.3 Å². The molecule has 32 heavy (non-hydrogen) atoms. The van der Waals surface area contributed by atoms with Gasteiger partial charge in [-0.3, -0.25) is 9.52 Å². The van der Waals surface area contributed by atoms with Crippen LogP contribution in [0.5, 0.6) is 5.75 Å². The second kappa shape index (κ2) is 10.7. The molecule has 1 saturated heterocycles. The van der Waals surface area contributed by atoms with Gasteiger partial charge in [-0.15, -0.1) is 12.4 Å². The molecule has 2 aliphatic heterocycles. The van der Waals surface area contributed by atoms with Crippen LogP contribution in [0.1, 0.15) is 47.5 Å². The van der Waals surface area contributed by atoms with Crippen LogP contribution in [0.2, 0.25) is 0 Å². The molecular formula is C24H31ClN2O4S. The second-order valence-electron chi connectivity index (χ2n) is 8.59. The van der Waals surface area contributed by atoms with Gasteiger partial charge in [0.25, 0.3) is 0 Å². The summed E-state index contributed by atoms with van der Waals surface area (Å²) in [5.74, 6) is 1.77. The number of nitrogens with one attached hydrogen (secondary N) is 1. The first kappa shape index (κ1) is 24.6. The molecule has 6 nitrogen and oxygen atoms in total. The number of ether oxygens (including phenoxy) is 1. The largest absolute Gasteiger partial charge is 0.493 e. The van der Waals surface area contributed by atoms with Crippen LogP contribution in [0.25, 0.3) is 0 Å². The van der Waals surface area contributed by atoms with Crippen molar-refractivity contribution in [2.24, 2.45) is 5.92 Å². The minimum absolute atomic E-state index is 0. The second-order valence-corrected chi connectivity index (χ2v) is 10.3. The zero-order valence-electron chi connectivity index (χ0n) is 18.3. The van der Waals surface area contributed by atoms with Crippen LogP contribution in [-0.4, -0.2) is 51.6 Å². The molecule has 0 spiro atoms. The lowest BCUT2D eigenvalue weighted by Crippen LogP contribution is -2.37. The molecule has 0 amide bonds. The van der Waals surface area contributed by atoms with E-state index >= 15 is 0 Å². The third-order valence-corrected chi connectivity index (χ3v) is 6.91. The van der Waals surface area contributed by atoms with Crippen LogP contribution >= 0.6 is 12.4 Å². The zero-order chi connectivity index (χ0) is 21.8. The number of Topliss-reactive ketones (excluding diaryl/α,β-unsaturated/α-hetero) is 1. The first-order valence-electron chi connectivity index (χ1n) is 11.0. The molecule has 174 valence electrons.